The van der Waals surface area contributed by atoms with Crippen LogP contribution in [0.2, 0.25) is 0 Å². The minimum Gasteiger partial charge on any atom is -0.341 e. The molecular formula is C24H24N4OS. The summed E-state index contributed by atoms with van der Waals surface area (Å²) in [5, 5.41) is 9.59. The Morgan fingerprint density at radius 3 is 2.57 bits per heavy atom. The summed E-state index contributed by atoms with van der Waals surface area (Å²) in [7, 11) is 1.84. The molecule has 0 atom stereocenters. The van der Waals surface area contributed by atoms with Gasteiger partial charge in [-0.1, -0.05) is 66.2 Å². The molecule has 0 aliphatic carbocycles. The molecule has 3 aromatic carbocycles. The van der Waals surface area contributed by atoms with Crippen molar-refractivity contribution in [3.8, 4) is 11.4 Å². The van der Waals surface area contributed by atoms with Gasteiger partial charge in [0.15, 0.2) is 10.6 Å². The second-order valence-corrected chi connectivity index (χ2v) is 7.94. The predicted molar refractivity (Wildman–Crippen MR) is 123 cm³/mol. The molecule has 0 fully saturated rings. The fourth-order valence-electron chi connectivity index (χ4n) is 3.55. The van der Waals surface area contributed by atoms with E-state index in [-0.39, 0.29) is 5.91 Å². The Morgan fingerprint density at radius 2 is 1.80 bits per heavy atom. The van der Waals surface area contributed by atoms with Gasteiger partial charge in [-0.2, -0.15) is 5.10 Å². The van der Waals surface area contributed by atoms with Crippen LogP contribution in [-0.4, -0.2) is 32.6 Å². The molecule has 30 heavy (non-hydrogen) atoms. The summed E-state index contributed by atoms with van der Waals surface area (Å²) in [6.45, 7) is 3.11. The number of benzene rings is 3. The molecule has 6 heteroatoms. The fourth-order valence-corrected chi connectivity index (χ4v) is 3.77. The van der Waals surface area contributed by atoms with Gasteiger partial charge in [0.1, 0.15) is 0 Å². The van der Waals surface area contributed by atoms with Gasteiger partial charge in [0, 0.05) is 32.1 Å². The second-order valence-electron chi connectivity index (χ2n) is 7.55. The first-order valence-electron chi connectivity index (χ1n) is 9.95. The third kappa shape index (κ3) is 4.33. The normalized spacial score (nSPS) is 11.0. The standard InChI is InChI=1S/C24H24N4OS/c1-17-7-10-20(11-8-17)23-25-26-24(30)28(23)14-13-22(29)27(2)16-18-9-12-19-5-3-4-6-21(19)15-18/h3-12,15H,13-14,16H2,1-2H3,(H,26,30). The van der Waals surface area contributed by atoms with E-state index in [1.807, 2.05) is 54.9 Å². The van der Waals surface area contributed by atoms with Gasteiger partial charge in [-0.05, 0) is 41.5 Å². The Bertz CT molecular complexity index is 1240. The van der Waals surface area contributed by atoms with Crippen molar-refractivity contribution in [3.05, 3.63) is 82.6 Å². The number of aryl methyl sites for hydroxylation is 1. The largest absolute Gasteiger partial charge is 0.341 e. The van der Waals surface area contributed by atoms with Crippen molar-refractivity contribution < 1.29 is 4.79 Å². The second kappa shape index (κ2) is 8.63. The Hall–Kier alpha value is -3.25. The molecule has 0 spiro atoms. The zero-order valence-corrected chi connectivity index (χ0v) is 17.9. The molecule has 1 amide bonds. The highest BCUT2D eigenvalue weighted by Crippen LogP contribution is 2.19. The van der Waals surface area contributed by atoms with E-state index >= 15 is 0 Å². The summed E-state index contributed by atoms with van der Waals surface area (Å²) in [6, 6.07) is 22.7. The van der Waals surface area contributed by atoms with Crippen LogP contribution in [0.3, 0.4) is 0 Å². The van der Waals surface area contributed by atoms with E-state index in [1.165, 1.54) is 16.3 Å². The molecule has 0 radical (unpaired) electrons. The fraction of sp³-hybridized carbons (Fsp3) is 0.208. The van der Waals surface area contributed by atoms with E-state index in [0.717, 1.165) is 17.0 Å². The van der Waals surface area contributed by atoms with E-state index in [1.54, 1.807) is 4.90 Å². The lowest BCUT2D eigenvalue weighted by molar-refractivity contribution is -0.130. The van der Waals surface area contributed by atoms with Gasteiger partial charge in [-0.25, -0.2) is 0 Å². The summed E-state index contributed by atoms with van der Waals surface area (Å²) < 4.78 is 2.41. The lowest BCUT2D eigenvalue weighted by Crippen LogP contribution is -2.27. The third-order valence-corrected chi connectivity index (χ3v) is 5.59. The van der Waals surface area contributed by atoms with Crippen LogP contribution < -0.4 is 0 Å². The topological polar surface area (TPSA) is 53.9 Å². The minimum atomic E-state index is 0.0705. The van der Waals surface area contributed by atoms with Crippen LogP contribution in [0.25, 0.3) is 22.2 Å². The van der Waals surface area contributed by atoms with Crippen molar-refractivity contribution in [2.75, 3.05) is 7.05 Å². The summed E-state index contributed by atoms with van der Waals surface area (Å²) in [6.07, 6.45) is 0.358. The van der Waals surface area contributed by atoms with Crippen molar-refractivity contribution in [2.24, 2.45) is 0 Å². The van der Waals surface area contributed by atoms with E-state index in [0.29, 0.717) is 24.3 Å². The monoisotopic (exact) mass is 416 g/mol. The number of aromatic nitrogens is 3. The average molecular weight is 417 g/mol. The van der Waals surface area contributed by atoms with Gasteiger partial charge in [-0.3, -0.25) is 14.5 Å². The first-order valence-corrected chi connectivity index (χ1v) is 10.4. The van der Waals surface area contributed by atoms with Crippen molar-refractivity contribution >= 4 is 28.9 Å². The van der Waals surface area contributed by atoms with Crippen LogP contribution in [-0.2, 0) is 17.9 Å². The van der Waals surface area contributed by atoms with E-state index in [2.05, 4.69) is 40.5 Å². The number of carbonyl (C=O) groups is 1. The number of fused-ring (bicyclic) bond motifs is 1. The van der Waals surface area contributed by atoms with Crippen LogP contribution in [0.1, 0.15) is 17.5 Å². The van der Waals surface area contributed by atoms with Crippen LogP contribution in [0.5, 0.6) is 0 Å². The molecule has 0 unspecified atom stereocenters. The SMILES string of the molecule is Cc1ccc(-c2n[nH]c(=S)n2CCC(=O)N(C)Cc2ccc3ccccc3c2)cc1. The number of amides is 1. The van der Waals surface area contributed by atoms with Crippen LogP contribution in [0.4, 0.5) is 0 Å². The van der Waals surface area contributed by atoms with E-state index in [4.69, 9.17) is 12.2 Å². The van der Waals surface area contributed by atoms with Gasteiger partial charge in [-0.15, -0.1) is 0 Å². The predicted octanol–water partition coefficient (Wildman–Crippen LogP) is 5.12. The third-order valence-electron chi connectivity index (χ3n) is 5.28. The van der Waals surface area contributed by atoms with E-state index < -0.39 is 0 Å². The van der Waals surface area contributed by atoms with Gasteiger partial charge < -0.3 is 4.90 Å². The highest BCUT2D eigenvalue weighted by atomic mass is 32.1. The Labute approximate surface area is 181 Å². The van der Waals surface area contributed by atoms with Gasteiger partial charge in [0.25, 0.3) is 0 Å². The molecule has 152 valence electrons. The summed E-state index contributed by atoms with van der Waals surface area (Å²) in [5.41, 5.74) is 3.28. The Kier molecular flexibility index (Phi) is 5.77. The lowest BCUT2D eigenvalue weighted by Gasteiger charge is -2.18. The van der Waals surface area contributed by atoms with Gasteiger partial charge in [0.2, 0.25) is 5.91 Å². The summed E-state index contributed by atoms with van der Waals surface area (Å²) in [4.78, 5) is 14.5. The highest BCUT2D eigenvalue weighted by molar-refractivity contribution is 7.71. The number of rotatable bonds is 6. The number of H-pyrrole nitrogens is 1. The van der Waals surface area contributed by atoms with E-state index in [9.17, 15) is 4.79 Å². The molecule has 0 aliphatic heterocycles. The molecule has 5 nitrogen and oxygen atoms in total. The molecular weight excluding hydrogens is 392 g/mol. The lowest BCUT2D eigenvalue weighted by atomic mass is 10.1. The summed E-state index contributed by atoms with van der Waals surface area (Å²) in [5.74, 6) is 0.825. The minimum absolute atomic E-state index is 0.0705. The van der Waals surface area contributed by atoms with Crippen molar-refractivity contribution in [3.63, 3.8) is 0 Å². The number of hydrogen-bond acceptors (Lipinski definition) is 3. The molecule has 4 aromatic rings. The van der Waals surface area contributed by atoms with Crippen LogP contribution >= 0.6 is 12.2 Å². The van der Waals surface area contributed by atoms with Crippen molar-refractivity contribution in [2.45, 2.75) is 26.4 Å². The molecule has 1 heterocycles. The Balaban J connectivity index is 1.43. The zero-order chi connectivity index (χ0) is 21.1. The zero-order valence-electron chi connectivity index (χ0n) is 17.1. The van der Waals surface area contributed by atoms with Crippen molar-refractivity contribution in [1.82, 2.24) is 19.7 Å². The maximum absolute atomic E-state index is 12.8. The molecule has 0 saturated heterocycles. The van der Waals surface area contributed by atoms with Crippen LogP contribution in [0.15, 0.2) is 66.7 Å². The Morgan fingerprint density at radius 1 is 1.07 bits per heavy atom. The smallest absolute Gasteiger partial charge is 0.224 e. The maximum Gasteiger partial charge on any atom is 0.224 e. The number of carbonyl (C=O) groups excluding carboxylic acids is 1. The highest BCUT2D eigenvalue weighted by Gasteiger charge is 2.13. The van der Waals surface area contributed by atoms with Crippen molar-refractivity contribution in [1.29, 1.82) is 0 Å². The van der Waals surface area contributed by atoms with Gasteiger partial charge >= 0.3 is 0 Å². The molecule has 1 N–H and O–H groups in total. The summed E-state index contributed by atoms with van der Waals surface area (Å²) >= 11 is 5.39. The number of nitrogens with one attached hydrogen (secondary N) is 1. The first-order chi connectivity index (χ1) is 14.5. The first kappa shape index (κ1) is 20.0. The number of nitrogens with zero attached hydrogens (tertiary/aromatic N) is 3. The van der Waals surface area contributed by atoms with Gasteiger partial charge in [0.05, 0.1) is 0 Å². The molecule has 4 rings (SSSR count). The molecule has 1 aromatic heterocycles. The quantitative estimate of drug-likeness (QED) is 0.444. The molecule has 0 saturated carbocycles. The van der Waals surface area contributed by atoms with Crippen LogP contribution in [0, 0.1) is 11.7 Å². The molecule has 0 bridgehead atoms. The molecule has 0 aliphatic rings. The number of hydrogen-bond donors (Lipinski definition) is 1. The number of aromatic amines is 1. The average Bonchev–Trinajstić information content (AvgIpc) is 3.12. The maximum atomic E-state index is 12.8.